The predicted octanol–water partition coefficient (Wildman–Crippen LogP) is 1.98. The van der Waals surface area contributed by atoms with Gasteiger partial charge >= 0.3 is 11.8 Å². The van der Waals surface area contributed by atoms with E-state index < -0.39 is 35.1 Å². The highest BCUT2D eigenvalue weighted by molar-refractivity contribution is 6.35. The number of hydrogen-bond donors (Lipinski definition) is 4. The van der Waals surface area contributed by atoms with E-state index in [2.05, 4.69) is 10.6 Å². The summed E-state index contributed by atoms with van der Waals surface area (Å²) in [7, 11) is 0. The topological polar surface area (TPSA) is 98.7 Å². The first kappa shape index (κ1) is 23.6. The van der Waals surface area contributed by atoms with Gasteiger partial charge in [0.05, 0.1) is 23.3 Å². The van der Waals surface area contributed by atoms with Crippen molar-refractivity contribution in [1.82, 2.24) is 10.6 Å². The largest absolute Gasteiger partial charge is 0.388 e. The van der Waals surface area contributed by atoms with E-state index >= 15 is 0 Å². The second-order valence-corrected chi connectivity index (χ2v) is 8.74. The molecule has 0 fully saturated rings. The number of hydrogen-bond acceptors (Lipinski definition) is 4. The minimum absolute atomic E-state index is 0.377. The standard InChI is InChI=1S/C24H32N2O4/c1-23(2,29)19(15-17-11-7-5-8-12-17)25-21(27)22(28)26-20(24(3,4)30)16-18-13-9-6-10-14-18/h5-14,19-20,29-30H,15-16H2,1-4H3,(H,25,27)(H,26,28)/t19-,20-/m1/s1. The van der Waals surface area contributed by atoms with Gasteiger partial charge in [0.2, 0.25) is 0 Å². The van der Waals surface area contributed by atoms with Crippen molar-refractivity contribution in [2.24, 2.45) is 0 Å². The molecule has 0 aliphatic carbocycles. The SMILES string of the molecule is CC(C)(O)[C@@H](Cc1ccccc1)NC(=O)C(=O)N[C@H](Cc1ccccc1)C(C)(C)O. The molecule has 2 amide bonds. The van der Waals surface area contributed by atoms with E-state index in [4.69, 9.17) is 0 Å². The van der Waals surface area contributed by atoms with Crippen LogP contribution < -0.4 is 10.6 Å². The van der Waals surface area contributed by atoms with Crippen molar-refractivity contribution in [3.05, 3.63) is 71.8 Å². The molecule has 2 rings (SSSR count). The fraction of sp³-hybridized carbons (Fsp3) is 0.417. The molecular weight excluding hydrogens is 380 g/mol. The maximum Gasteiger partial charge on any atom is 0.309 e. The van der Waals surface area contributed by atoms with E-state index in [-0.39, 0.29) is 0 Å². The van der Waals surface area contributed by atoms with Crippen LogP contribution in [0.2, 0.25) is 0 Å². The number of aliphatic hydroxyl groups is 2. The first-order valence-electron chi connectivity index (χ1n) is 10.1. The van der Waals surface area contributed by atoms with Crippen molar-refractivity contribution in [3.8, 4) is 0 Å². The Labute approximate surface area is 178 Å². The number of benzene rings is 2. The Kier molecular flexibility index (Phi) is 7.76. The molecular formula is C24H32N2O4. The molecule has 30 heavy (non-hydrogen) atoms. The van der Waals surface area contributed by atoms with Crippen LogP contribution >= 0.6 is 0 Å². The van der Waals surface area contributed by atoms with Gasteiger partial charge in [-0.1, -0.05) is 60.7 Å². The van der Waals surface area contributed by atoms with E-state index in [1.54, 1.807) is 27.7 Å². The lowest BCUT2D eigenvalue weighted by atomic mass is 9.91. The molecule has 0 unspecified atom stereocenters. The first-order valence-corrected chi connectivity index (χ1v) is 10.1. The summed E-state index contributed by atoms with van der Waals surface area (Å²) in [6.45, 7) is 6.36. The van der Waals surface area contributed by atoms with Gasteiger partial charge < -0.3 is 20.8 Å². The molecule has 0 saturated heterocycles. The molecule has 0 saturated carbocycles. The second-order valence-electron chi connectivity index (χ2n) is 8.74. The van der Waals surface area contributed by atoms with Gasteiger partial charge in [-0.2, -0.15) is 0 Å². The van der Waals surface area contributed by atoms with Crippen molar-refractivity contribution in [2.75, 3.05) is 0 Å². The Hall–Kier alpha value is -2.70. The molecule has 162 valence electrons. The summed E-state index contributed by atoms with van der Waals surface area (Å²) in [5.41, 5.74) is -0.593. The highest BCUT2D eigenvalue weighted by atomic mass is 16.3. The zero-order valence-electron chi connectivity index (χ0n) is 18.1. The molecule has 2 atom stereocenters. The Bertz CT molecular complexity index is 752. The van der Waals surface area contributed by atoms with Crippen molar-refractivity contribution >= 4 is 11.8 Å². The van der Waals surface area contributed by atoms with E-state index in [9.17, 15) is 19.8 Å². The van der Waals surface area contributed by atoms with Crippen molar-refractivity contribution in [2.45, 2.75) is 63.8 Å². The van der Waals surface area contributed by atoms with E-state index in [1.807, 2.05) is 60.7 Å². The molecule has 6 heteroatoms. The Balaban J connectivity index is 2.08. The zero-order valence-corrected chi connectivity index (χ0v) is 18.1. The van der Waals surface area contributed by atoms with Crippen molar-refractivity contribution in [3.63, 3.8) is 0 Å². The molecule has 0 heterocycles. The van der Waals surface area contributed by atoms with Gasteiger partial charge in [0.15, 0.2) is 0 Å². The average molecular weight is 413 g/mol. The van der Waals surface area contributed by atoms with Crippen LogP contribution in [0.3, 0.4) is 0 Å². The molecule has 4 N–H and O–H groups in total. The van der Waals surface area contributed by atoms with Crippen LogP contribution in [0.5, 0.6) is 0 Å². The quantitative estimate of drug-likeness (QED) is 0.498. The normalized spacial score (nSPS) is 13.9. The van der Waals surface area contributed by atoms with Crippen LogP contribution in [0.25, 0.3) is 0 Å². The number of amides is 2. The molecule has 0 spiro atoms. The van der Waals surface area contributed by atoms with Crippen LogP contribution in [-0.4, -0.2) is 45.3 Å². The molecule has 6 nitrogen and oxygen atoms in total. The number of rotatable bonds is 8. The van der Waals surface area contributed by atoms with Crippen molar-refractivity contribution in [1.29, 1.82) is 0 Å². The highest BCUT2D eigenvalue weighted by Gasteiger charge is 2.33. The maximum absolute atomic E-state index is 12.6. The zero-order chi connectivity index (χ0) is 22.4. The Morgan fingerprint density at radius 3 is 1.27 bits per heavy atom. The van der Waals surface area contributed by atoms with Crippen LogP contribution in [0, 0.1) is 0 Å². The van der Waals surface area contributed by atoms with Crippen LogP contribution in [0.1, 0.15) is 38.8 Å². The molecule has 2 aromatic rings. The summed E-state index contributed by atoms with van der Waals surface area (Å²) in [5, 5.41) is 26.3. The monoisotopic (exact) mass is 412 g/mol. The third-order valence-electron chi connectivity index (χ3n) is 5.09. The predicted molar refractivity (Wildman–Crippen MR) is 117 cm³/mol. The van der Waals surface area contributed by atoms with Crippen LogP contribution in [0.4, 0.5) is 0 Å². The third kappa shape index (κ3) is 7.28. The van der Waals surface area contributed by atoms with Gasteiger partial charge in [0, 0.05) is 0 Å². The molecule has 0 bridgehead atoms. The summed E-state index contributed by atoms with van der Waals surface area (Å²) >= 11 is 0. The minimum atomic E-state index is -1.23. The van der Waals surface area contributed by atoms with Gasteiger partial charge in [-0.15, -0.1) is 0 Å². The molecule has 2 aromatic carbocycles. The number of nitrogens with one attached hydrogen (secondary N) is 2. The van der Waals surface area contributed by atoms with Gasteiger partial charge in [-0.05, 0) is 51.7 Å². The Morgan fingerprint density at radius 2 is 1.00 bits per heavy atom. The van der Waals surface area contributed by atoms with E-state index in [1.165, 1.54) is 0 Å². The minimum Gasteiger partial charge on any atom is -0.388 e. The van der Waals surface area contributed by atoms with Crippen LogP contribution in [-0.2, 0) is 22.4 Å². The summed E-state index contributed by atoms with van der Waals surface area (Å²) in [4.78, 5) is 25.2. The lowest BCUT2D eigenvalue weighted by molar-refractivity contribution is -0.142. The second kappa shape index (κ2) is 9.87. The summed E-state index contributed by atoms with van der Waals surface area (Å²) in [5.74, 6) is -1.69. The third-order valence-corrected chi connectivity index (χ3v) is 5.09. The number of carbonyl (C=O) groups excluding carboxylic acids is 2. The summed E-state index contributed by atoms with van der Waals surface area (Å²) in [6.07, 6.45) is 0.755. The average Bonchev–Trinajstić information content (AvgIpc) is 2.67. The van der Waals surface area contributed by atoms with Gasteiger partial charge in [0.1, 0.15) is 0 Å². The van der Waals surface area contributed by atoms with Gasteiger partial charge in [-0.25, -0.2) is 0 Å². The van der Waals surface area contributed by atoms with E-state index in [0.717, 1.165) is 11.1 Å². The fourth-order valence-electron chi connectivity index (χ4n) is 3.10. The summed E-state index contributed by atoms with van der Waals surface area (Å²) < 4.78 is 0. The smallest absolute Gasteiger partial charge is 0.309 e. The number of carbonyl (C=O) groups is 2. The van der Waals surface area contributed by atoms with Gasteiger partial charge in [-0.3, -0.25) is 9.59 Å². The van der Waals surface area contributed by atoms with Crippen molar-refractivity contribution < 1.29 is 19.8 Å². The Morgan fingerprint density at radius 1 is 0.700 bits per heavy atom. The molecule has 0 aliphatic heterocycles. The van der Waals surface area contributed by atoms with E-state index in [0.29, 0.717) is 12.8 Å². The lowest BCUT2D eigenvalue weighted by Crippen LogP contribution is -2.57. The summed E-state index contributed by atoms with van der Waals surface area (Å²) in [6, 6.07) is 17.6. The lowest BCUT2D eigenvalue weighted by Gasteiger charge is -2.32. The molecule has 0 aliphatic rings. The highest BCUT2D eigenvalue weighted by Crippen LogP contribution is 2.16. The first-order chi connectivity index (χ1) is 14.0. The van der Waals surface area contributed by atoms with Gasteiger partial charge in [0.25, 0.3) is 0 Å². The fourth-order valence-corrected chi connectivity index (χ4v) is 3.10. The molecule has 0 aromatic heterocycles. The van der Waals surface area contributed by atoms with Crippen LogP contribution in [0.15, 0.2) is 60.7 Å². The molecule has 0 radical (unpaired) electrons. The maximum atomic E-state index is 12.6.